The van der Waals surface area contributed by atoms with Crippen LogP contribution >= 0.6 is 0 Å². The van der Waals surface area contributed by atoms with Gasteiger partial charge in [-0.3, -0.25) is 4.79 Å². The van der Waals surface area contributed by atoms with Crippen molar-refractivity contribution in [3.8, 4) is 0 Å². The highest BCUT2D eigenvalue weighted by Gasteiger charge is 2.42. The minimum atomic E-state index is -0.542. The summed E-state index contributed by atoms with van der Waals surface area (Å²) in [5, 5.41) is 5.65. The second kappa shape index (κ2) is 9.64. The standard InChI is InChI=1S/C18H32N2O6/c1-6-14(21)25-7-8-26-15(22)19-12-18(4)10-13(20-16(23)24-5)9-17(2,3)11-18/h13H,6-12H2,1-5H3,(H,19,22)(H,20,23). The van der Waals surface area contributed by atoms with E-state index in [1.807, 2.05) is 0 Å². The van der Waals surface area contributed by atoms with Crippen LogP contribution in [0.5, 0.6) is 0 Å². The van der Waals surface area contributed by atoms with Crippen molar-refractivity contribution < 1.29 is 28.6 Å². The number of rotatable bonds is 7. The summed E-state index contributed by atoms with van der Waals surface area (Å²) in [5.74, 6) is -0.324. The van der Waals surface area contributed by atoms with Crippen molar-refractivity contribution in [3.05, 3.63) is 0 Å². The van der Waals surface area contributed by atoms with Gasteiger partial charge in [-0.15, -0.1) is 0 Å². The Morgan fingerprint density at radius 2 is 1.69 bits per heavy atom. The van der Waals surface area contributed by atoms with Gasteiger partial charge in [0.2, 0.25) is 0 Å². The van der Waals surface area contributed by atoms with Crippen molar-refractivity contribution in [2.75, 3.05) is 26.9 Å². The molecule has 1 saturated carbocycles. The van der Waals surface area contributed by atoms with E-state index >= 15 is 0 Å². The van der Waals surface area contributed by atoms with Crippen molar-refractivity contribution in [1.29, 1.82) is 0 Å². The fraction of sp³-hybridized carbons (Fsp3) is 0.833. The lowest BCUT2D eigenvalue weighted by atomic mass is 9.62. The third kappa shape index (κ3) is 7.93. The Kier molecular flexibility index (Phi) is 8.17. The van der Waals surface area contributed by atoms with Gasteiger partial charge in [-0.2, -0.15) is 0 Å². The summed E-state index contributed by atoms with van der Waals surface area (Å²) in [5.41, 5.74) is -0.153. The minimum Gasteiger partial charge on any atom is -0.462 e. The summed E-state index contributed by atoms with van der Waals surface area (Å²) in [7, 11) is 1.35. The van der Waals surface area contributed by atoms with Crippen LogP contribution in [-0.2, 0) is 19.0 Å². The maximum atomic E-state index is 11.8. The predicted octanol–water partition coefficient (Wildman–Crippen LogP) is 2.61. The second-order valence-electron chi connectivity index (χ2n) is 7.96. The number of hydrogen-bond donors (Lipinski definition) is 2. The lowest BCUT2D eigenvalue weighted by Gasteiger charge is -2.46. The normalized spacial score (nSPS) is 24.3. The van der Waals surface area contributed by atoms with Crippen LogP contribution in [-0.4, -0.2) is 51.1 Å². The molecule has 2 amide bonds. The molecule has 2 N–H and O–H groups in total. The summed E-state index contributed by atoms with van der Waals surface area (Å²) in [6.07, 6.45) is 1.81. The van der Waals surface area contributed by atoms with Gasteiger partial charge in [0.25, 0.3) is 0 Å². The molecule has 26 heavy (non-hydrogen) atoms. The topological polar surface area (TPSA) is 103 Å². The van der Waals surface area contributed by atoms with Crippen LogP contribution in [0.25, 0.3) is 0 Å². The van der Waals surface area contributed by atoms with E-state index in [1.165, 1.54) is 7.11 Å². The monoisotopic (exact) mass is 372 g/mol. The first kappa shape index (κ1) is 22.1. The Bertz CT molecular complexity index is 508. The molecule has 0 aliphatic heterocycles. The average molecular weight is 372 g/mol. The minimum absolute atomic E-state index is 0.0116. The molecule has 0 aromatic heterocycles. The molecule has 150 valence electrons. The molecule has 0 heterocycles. The Hall–Kier alpha value is -1.99. The third-order valence-electron chi connectivity index (χ3n) is 4.48. The summed E-state index contributed by atoms with van der Waals surface area (Å²) in [6, 6.07) is -0.0116. The SMILES string of the molecule is CCC(=O)OCCOC(=O)NCC1(C)CC(NC(=O)OC)CC(C)(C)C1. The highest BCUT2D eigenvalue weighted by atomic mass is 16.6. The van der Waals surface area contributed by atoms with Gasteiger partial charge in [0.1, 0.15) is 13.2 Å². The quantitative estimate of drug-likeness (QED) is 0.404. The van der Waals surface area contributed by atoms with Gasteiger partial charge in [-0.25, -0.2) is 9.59 Å². The molecule has 1 fully saturated rings. The van der Waals surface area contributed by atoms with Gasteiger partial charge in [0, 0.05) is 19.0 Å². The van der Waals surface area contributed by atoms with Crippen molar-refractivity contribution in [2.45, 2.75) is 59.4 Å². The summed E-state index contributed by atoms with van der Waals surface area (Å²) in [4.78, 5) is 34.4. The molecule has 0 radical (unpaired) electrons. The lowest BCUT2D eigenvalue weighted by Crippen LogP contribution is -2.50. The fourth-order valence-corrected chi connectivity index (χ4v) is 3.82. The van der Waals surface area contributed by atoms with Crippen molar-refractivity contribution >= 4 is 18.2 Å². The van der Waals surface area contributed by atoms with E-state index in [9.17, 15) is 14.4 Å². The van der Waals surface area contributed by atoms with Gasteiger partial charge in [0.15, 0.2) is 0 Å². The van der Waals surface area contributed by atoms with Crippen molar-refractivity contribution in [2.24, 2.45) is 10.8 Å². The summed E-state index contributed by atoms with van der Waals surface area (Å²) < 4.78 is 14.6. The zero-order valence-corrected chi connectivity index (χ0v) is 16.5. The highest BCUT2D eigenvalue weighted by Crippen LogP contribution is 2.45. The zero-order valence-electron chi connectivity index (χ0n) is 16.5. The molecule has 0 saturated heterocycles. The van der Waals surface area contributed by atoms with Crippen LogP contribution in [0.2, 0.25) is 0 Å². The molecule has 0 bridgehead atoms. The molecule has 8 heteroatoms. The molecule has 1 aliphatic carbocycles. The van der Waals surface area contributed by atoms with Crippen LogP contribution < -0.4 is 10.6 Å². The van der Waals surface area contributed by atoms with E-state index < -0.39 is 12.2 Å². The van der Waals surface area contributed by atoms with Gasteiger partial charge in [0.05, 0.1) is 7.11 Å². The number of ether oxygens (including phenoxy) is 3. The molecule has 2 atom stereocenters. The first-order valence-electron chi connectivity index (χ1n) is 9.00. The lowest BCUT2D eigenvalue weighted by molar-refractivity contribution is -0.144. The smallest absolute Gasteiger partial charge is 0.407 e. The molecule has 0 aromatic carbocycles. The largest absolute Gasteiger partial charge is 0.462 e. The summed E-state index contributed by atoms with van der Waals surface area (Å²) in [6.45, 7) is 8.59. The second-order valence-corrected chi connectivity index (χ2v) is 7.96. The summed E-state index contributed by atoms with van der Waals surface area (Å²) >= 11 is 0. The van der Waals surface area contributed by atoms with Gasteiger partial charge >= 0.3 is 18.2 Å². The van der Waals surface area contributed by atoms with Crippen molar-refractivity contribution in [1.82, 2.24) is 10.6 Å². The molecule has 1 rings (SSSR count). The molecule has 2 unspecified atom stereocenters. The maximum absolute atomic E-state index is 11.8. The van der Waals surface area contributed by atoms with Crippen LogP contribution in [0.15, 0.2) is 0 Å². The van der Waals surface area contributed by atoms with Crippen LogP contribution in [0.4, 0.5) is 9.59 Å². The average Bonchev–Trinajstić information content (AvgIpc) is 2.54. The Labute approximate surface area is 155 Å². The van der Waals surface area contributed by atoms with E-state index in [0.717, 1.165) is 19.3 Å². The van der Waals surface area contributed by atoms with E-state index in [2.05, 4.69) is 31.4 Å². The number of nitrogens with one attached hydrogen (secondary N) is 2. The maximum Gasteiger partial charge on any atom is 0.407 e. The molecule has 0 spiro atoms. The number of hydrogen-bond acceptors (Lipinski definition) is 6. The first-order valence-corrected chi connectivity index (χ1v) is 9.00. The number of amides is 2. The van der Waals surface area contributed by atoms with Crippen LogP contribution in [0, 0.1) is 10.8 Å². The van der Waals surface area contributed by atoms with Gasteiger partial charge in [-0.05, 0) is 30.1 Å². The van der Waals surface area contributed by atoms with Crippen LogP contribution in [0.1, 0.15) is 53.4 Å². The highest BCUT2D eigenvalue weighted by molar-refractivity contribution is 5.69. The Balaban J connectivity index is 2.46. The number of alkyl carbamates (subject to hydrolysis) is 2. The molecule has 1 aliphatic rings. The van der Waals surface area contributed by atoms with E-state index in [4.69, 9.17) is 14.2 Å². The van der Waals surface area contributed by atoms with E-state index in [-0.39, 0.29) is 36.1 Å². The zero-order chi connectivity index (χ0) is 19.8. The van der Waals surface area contributed by atoms with Gasteiger partial charge in [-0.1, -0.05) is 27.7 Å². The molecular weight excluding hydrogens is 340 g/mol. The van der Waals surface area contributed by atoms with Crippen LogP contribution in [0.3, 0.4) is 0 Å². The molecular formula is C18H32N2O6. The third-order valence-corrected chi connectivity index (χ3v) is 4.48. The van der Waals surface area contributed by atoms with E-state index in [0.29, 0.717) is 13.0 Å². The Morgan fingerprint density at radius 1 is 1.04 bits per heavy atom. The predicted molar refractivity (Wildman–Crippen MR) is 95.7 cm³/mol. The number of esters is 1. The first-order chi connectivity index (χ1) is 12.1. The van der Waals surface area contributed by atoms with Gasteiger partial charge < -0.3 is 24.8 Å². The number of carbonyl (C=O) groups is 3. The fourth-order valence-electron chi connectivity index (χ4n) is 3.82. The molecule has 0 aromatic rings. The van der Waals surface area contributed by atoms with Crippen molar-refractivity contribution in [3.63, 3.8) is 0 Å². The number of carbonyl (C=O) groups excluding carboxylic acids is 3. The van der Waals surface area contributed by atoms with E-state index in [1.54, 1.807) is 6.92 Å². The molecule has 8 nitrogen and oxygen atoms in total. The Morgan fingerprint density at radius 3 is 2.31 bits per heavy atom. The number of methoxy groups -OCH3 is 1.